The molecule has 36 heavy (non-hydrogen) atoms. The van der Waals surface area contributed by atoms with Crippen molar-refractivity contribution in [3.05, 3.63) is 35.9 Å². The van der Waals surface area contributed by atoms with Crippen molar-refractivity contribution in [2.24, 2.45) is 0 Å². The lowest BCUT2D eigenvalue weighted by atomic mass is 10.1. The van der Waals surface area contributed by atoms with E-state index in [4.69, 9.17) is 28.7 Å². The number of hydrogen-bond donors (Lipinski definition) is 0. The van der Waals surface area contributed by atoms with E-state index in [2.05, 4.69) is 4.90 Å². The minimum Gasteiger partial charge on any atom is -0.495 e. The third kappa shape index (κ3) is 6.00. The van der Waals surface area contributed by atoms with Crippen molar-refractivity contribution in [2.75, 3.05) is 67.6 Å². The zero-order valence-electron chi connectivity index (χ0n) is 21.8. The first-order valence-corrected chi connectivity index (χ1v) is 12.1. The fourth-order valence-corrected chi connectivity index (χ4v) is 4.80. The first-order chi connectivity index (χ1) is 17.4. The summed E-state index contributed by atoms with van der Waals surface area (Å²) in [7, 11) is 11.9. The average molecular weight is 516 g/mol. The van der Waals surface area contributed by atoms with Crippen LogP contribution < -0.4 is 28.6 Å². The molecule has 3 rings (SSSR count). The Morgan fingerprint density at radius 1 is 0.889 bits per heavy atom. The molecule has 0 saturated heterocycles. The summed E-state index contributed by atoms with van der Waals surface area (Å²) in [6.45, 7) is 1.33. The molecular weight excluding hydrogens is 482 g/mol. The smallest absolute Gasteiger partial charge is 0.252 e. The fraction of sp³-hybridized carbons (Fsp3) is 0.385. The molecule has 0 aliphatic carbocycles. The SMILES string of the molecule is COc1cc(C=CC(=O)N(CCCN(C)C)c2nc3c(OC)ccc(OC)c3s2)cc(OC)c1OC. The molecule has 0 spiro atoms. The van der Waals surface area contributed by atoms with Crippen molar-refractivity contribution < 1.29 is 28.5 Å². The monoisotopic (exact) mass is 515 g/mol. The molecule has 2 aromatic carbocycles. The molecule has 0 aliphatic rings. The summed E-state index contributed by atoms with van der Waals surface area (Å²) in [6.07, 6.45) is 4.03. The second kappa shape index (κ2) is 12.5. The van der Waals surface area contributed by atoms with Crippen molar-refractivity contribution in [1.82, 2.24) is 9.88 Å². The summed E-state index contributed by atoms with van der Waals surface area (Å²) in [5.74, 6) is 2.63. The third-order valence-electron chi connectivity index (χ3n) is 5.49. The van der Waals surface area contributed by atoms with Crippen LogP contribution in [0.5, 0.6) is 28.7 Å². The minimum atomic E-state index is -0.195. The molecule has 0 fully saturated rings. The second-order valence-corrected chi connectivity index (χ2v) is 9.06. The number of anilines is 1. The summed E-state index contributed by atoms with van der Waals surface area (Å²) in [5.41, 5.74) is 1.40. The number of benzene rings is 2. The number of aromatic nitrogens is 1. The van der Waals surface area contributed by atoms with Gasteiger partial charge in [0.15, 0.2) is 16.6 Å². The predicted molar refractivity (Wildman–Crippen MR) is 143 cm³/mol. The molecular formula is C26H33N3O6S. The maximum absolute atomic E-state index is 13.5. The van der Waals surface area contributed by atoms with Crippen LogP contribution >= 0.6 is 11.3 Å². The molecule has 0 N–H and O–H groups in total. The average Bonchev–Trinajstić information content (AvgIpc) is 3.33. The van der Waals surface area contributed by atoms with Crippen LogP contribution in [0.15, 0.2) is 30.3 Å². The molecule has 10 heteroatoms. The van der Waals surface area contributed by atoms with Crippen LogP contribution in [0.25, 0.3) is 16.3 Å². The van der Waals surface area contributed by atoms with E-state index in [1.54, 1.807) is 58.7 Å². The molecule has 0 unspecified atom stereocenters. The molecule has 3 aromatic rings. The van der Waals surface area contributed by atoms with E-state index in [-0.39, 0.29) is 5.91 Å². The number of hydrogen-bond acceptors (Lipinski definition) is 9. The molecule has 0 atom stereocenters. The number of methoxy groups -OCH3 is 5. The number of ether oxygens (including phenoxy) is 5. The summed E-state index contributed by atoms with van der Waals surface area (Å²) in [4.78, 5) is 22.0. The van der Waals surface area contributed by atoms with E-state index in [9.17, 15) is 4.79 Å². The summed E-state index contributed by atoms with van der Waals surface area (Å²) >= 11 is 1.40. The minimum absolute atomic E-state index is 0.195. The van der Waals surface area contributed by atoms with Gasteiger partial charge in [0.25, 0.3) is 5.91 Å². The lowest BCUT2D eigenvalue weighted by molar-refractivity contribution is -0.114. The van der Waals surface area contributed by atoms with Gasteiger partial charge in [-0.3, -0.25) is 9.69 Å². The highest BCUT2D eigenvalue weighted by Gasteiger charge is 2.21. The highest BCUT2D eigenvalue weighted by atomic mass is 32.1. The largest absolute Gasteiger partial charge is 0.495 e. The van der Waals surface area contributed by atoms with Gasteiger partial charge in [0.1, 0.15) is 21.7 Å². The number of carbonyl (C=O) groups is 1. The van der Waals surface area contributed by atoms with Crippen LogP contribution in [-0.4, -0.2) is 78.5 Å². The van der Waals surface area contributed by atoms with Crippen LogP contribution in [0.4, 0.5) is 5.13 Å². The zero-order valence-corrected chi connectivity index (χ0v) is 22.6. The van der Waals surface area contributed by atoms with Gasteiger partial charge >= 0.3 is 0 Å². The van der Waals surface area contributed by atoms with Crippen molar-refractivity contribution in [2.45, 2.75) is 6.42 Å². The van der Waals surface area contributed by atoms with E-state index in [1.165, 1.54) is 17.4 Å². The molecule has 0 bridgehead atoms. The van der Waals surface area contributed by atoms with E-state index < -0.39 is 0 Å². The Morgan fingerprint density at radius 2 is 1.50 bits per heavy atom. The molecule has 194 valence electrons. The van der Waals surface area contributed by atoms with E-state index in [1.807, 2.05) is 26.2 Å². The Labute approximate surface area is 215 Å². The van der Waals surface area contributed by atoms with Gasteiger partial charge in [0.05, 0.1) is 35.5 Å². The number of carbonyl (C=O) groups excluding carboxylic acids is 1. The standard InChI is InChI=1S/C26H33N3O6S/c1-28(2)13-8-14-29(26-27-23-18(31-3)10-11-19(32-4)25(23)36-26)22(30)12-9-17-15-20(33-5)24(35-7)21(16-17)34-6/h9-12,15-16H,8,13-14H2,1-7H3. The van der Waals surface area contributed by atoms with Crippen LogP contribution in [0.3, 0.4) is 0 Å². The number of rotatable bonds is 12. The van der Waals surface area contributed by atoms with Crippen LogP contribution in [-0.2, 0) is 4.79 Å². The fourth-order valence-electron chi connectivity index (χ4n) is 3.69. The van der Waals surface area contributed by atoms with Gasteiger partial charge in [0, 0.05) is 12.6 Å². The summed E-state index contributed by atoms with van der Waals surface area (Å²) < 4.78 is 28.1. The lowest BCUT2D eigenvalue weighted by Gasteiger charge is -2.19. The molecule has 0 saturated carbocycles. The third-order valence-corrected chi connectivity index (χ3v) is 6.58. The summed E-state index contributed by atoms with van der Waals surface area (Å²) in [6, 6.07) is 7.22. The quantitative estimate of drug-likeness (QED) is 0.330. The molecule has 0 radical (unpaired) electrons. The van der Waals surface area contributed by atoms with Gasteiger partial charge in [-0.25, -0.2) is 4.98 Å². The molecule has 1 heterocycles. The molecule has 0 aliphatic heterocycles. The molecule has 9 nitrogen and oxygen atoms in total. The maximum atomic E-state index is 13.5. The first kappa shape index (κ1) is 27.1. The predicted octanol–water partition coefficient (Wildman–Crippen LogP) is 4.34. The van der Waals surface area contributed by atoms with E-state index >= 15 is 0 Å². The molecule has 1 amide bonds. The Bertz CT molecular complexity index is 1160. The Hall–Kier alpha value is -3.50. The van der Waals surface area contributed by atoms with Crippen LogP contribution in [0, 0.1) is 0 Å². The summed E-state index contributed by atoms with van der Waals surface area (Å²) in [5, 5.41) is 0.575. The normalized spacial score (nSPS) is 11.2. The Kier molecular flexibility index (Phi) is 9.38. The van der Waals surface area contributed by atoms with Crippen molar-refractivity contribution in [1.29, 1.82) is 0 Å². The van der Waals surface area contributed by atoms with Crippen LogP contribution in [0.1, 0.15) is 12.0 Å². The first-order valence-electron chi connectivity index (χ1n) is 11.3. The number of nitrogens with zero attached hydrogens (tertiary/aromatic N) is 3. The maximum Gasteiger partial charge on any atom is 0.252 e. The topological polar surface area (TPSA) is 82.6 Å². The van der Waals surface area contributed by atoms with Crippen molar-refractivity contribution >= 4 is 38.7 Å². The number of amides is 1. The van der Waals surface area contributed by atoms with Gasteiger partial charge in [0.2, 0.25) is 5.75 Å². The number of thiazole rings is 1. The Balaban J connectivity index is 1.98. The highest BCUT2D eigenvalue weighted by molar-refractivity contribution is 7.22. The second-order valence-electron chi connectivity index (χ2n) is 8.08. The van der Waals surface area contributed by atoms with E-state index in [0.29, 0.717) is 45.9 Å². The van der Waals surface area contributed by atoms with Gasteiger partial charge < -0.3 is 28.6 Å². The zero-order chi connectivity index (χ0) is 26.2. The van der Waals surface area contributed by atoms with Gasteiger partial charge in [-0.2, -0.15) is 0 Å². The van der Waals surface area contributed by atoms with E-state index in [0.717, 1.165) is 23.2 Å². The lowest BCUT2D eigenvalue weighted by Crippen LogP contribution is -2.32. The van der Waals surface area contributed by atoms with Gasteiger partial charge in [-0.1, -0.05) is 11.3 Å². The van der Waals surface area contributed by atoms with Gasteiger partial charge in [-0.05, 0) is 63.0 Å². The number of fused-ring (bicyclic) bond motifs is 1. The molecule has 1 aromatic heterocycles. The highest BCUT2D eigenvalue weighted by Crippen LogP contribution is 2.41. The van der Waals surface area contributed by atoms with Crippen molar-refractivity contribution in [3.8, 4) is 28.7 Å². The Morgan fingerprint density at radius 3 is 2.06 bits per heavy atom. The van der Waals surface area contributed by atoms with Crippen LogP contribution in [0.2, 0.25) is 0 Å². The van der Waals surface area contributed by atoms with Gasteiger partial charge in [-0.15, -0.1) is 0 Å². The van der Waals surface area contributed by atoms with Crippen molar-refractivity contribution in [3.63, 3.8) is 0 Å².